The number of fused-ring (bicyclic) bond motifs is 2. The van der Waals surface area contributed by atoms with Crippen LogP contribution in [0, 0.1) is 5.92 Å². The third kappa shape index (κ3) is 4.01. The molecule has 3 aromatic rings. The number of thiazole rings is 1. The Kier molecular flexibility index (Phi) is 5.19. The molecule has 2 aromatic carbocycles. The van der Waals surface area contributed by atoms with E-state index in [2.05, 4.69) is 63.7 Å². The Morgan fingerprint density at radius 2 is 1.86 bits per heavy atom. The maximum atomic E-state index is 6.23. The molecule has 5 heteroatoms. The Bertz CT molecular complexity index is 899. The second-order valence-corrected chi connectivity index (χ2v) is 9.03. The van der Waals surface area contributed by atoms with Crippen LogP contribution in [-0.2, 0) is 6.42 Å². The van der Waals surface area contributed by atoms with Gasteiger partial charge in [-0.2, -0.15) is 0 Å². The minimum Gasteiger partial charge on any atom is -0.489 e. The van der Waals surface area contributed by atoms with E-state index in [1.807, 2.05) is 0 Å². The van der Waals surface area contributed by atoms with Gasteiger partial charge >= 0.3 is 0 Å². The lowest BCUT2D eigenvalue weighted by atomic mass is 9.96. The lowest BCUT2D eigenvalue weighted by Crippen LogP contribution is -2.42. The van der Waals surface area contributed by atoms with Gasteiger partial charge in [-0.3, -0.25) is 4.90 Å². The molecule has 1 aromatic heterocycles. The average Bonchev–Trinajstić information content (AvgIpc) is 3.16. The molecule has 5 rings (SSSR count). The van der Waals surface area contributed by atoms with Gasteiger partial charge in [0.05, 0.1) is 10.2 Å². The topological polar surface area (TPSA) is 37.4 Å². The Hall–Kier alpha value is -2.11. The number of nitrogens with zero attached hydrogens (tertiary/aromatic N) is 2. The molecule has 0 radical (unpaired) electrons. The Balaban J connectivity index is 1.08. The van der Waals surface area contributed by atoms with Gasteiger partial charge < -0.3 is 10.1 Å². The number of para-hydroxylation sites is 2. The summed E-state index contributed by atoms with van der Waals surface area (Å²) in [6.45, 7) is 4.44. The van der Waals surface area contributed by atoms with E-state index in [1.165, 1.54) is 36.2 Å². The smallest absolute Gasteiger partial charge is 0.183 e. The zero-order valence-corrected chi connectivity index (χ0v) is 17.0. The maximum Gasteiger partial charge on any atom is 0.183 e. The van der Waals surface area contributed by atoms with Crippen molar-refractivity contribution in [1.82, 2.24) is 9.88 Å². The van der Waals surface area contributed by atoms with Crippen molar-refractivity contribution in [3.63, 3.8) is 0 Å². The quantitative estimate of drug-likeness (QED) is 0.675. The molecule has 2 aliphatic rings. The van der Waals surface area contributed by atoms with Crippen molar-refractivity contribution in [3.8, 4) is 5.75 Å². The van der Waals surface area contributed by atoms with Gasteiger partial charge in [0.1, 0.15) is 11.9 Å². The van der Waals surface area contributed by atoms with Crippen molar-refractivity contribution in [1.29, 1.82) is 0 Å². The van der Waals surface area contributed by atoms with Crippen LogP contribution in [-0.4, -0.2) is 42.2 Å². The molecule has 1 N–H and O–H groups in total. The minimum atomic E-state index is 0.340. The van der Waals surface area contributed by atoms with Gasteiger partial charge in [-0.05, 0) is 68.5 Å². The van der Waals surface area contributed by atoms with Crippen LogP contribution in [0.4, 0.5) is 5.13 Å². The highest BCUT2D eigenvalue weighted by atomic mass is 32.1. The van der Waals surface area contributed by atoms with Crippen molar-refractivity contribution in [2.45, 2.75) is 31.8 Å². The second kappa shape index (κ2) is 8.10. The fraction of sp³-hybridized carbons (Fsp3) is 0.435. The van der Waals surface area contributed by atoms with Gasteiger partial charge in [0.25, 0.3) is 0 Å². The Morgan fingerprint density at radius 3 is 2.75 bits per heavy atom. The molecule has 146 valence electrons. The molecule has 2 aliphatic heterocycles. The summed E-state index contributed by atoms with van der Waals surface area (Å²) in [4.78, 5) is 7.28. The predicted octanol–water partition coefficient (Wildman–Crippen LogP) is 4.81. The van der Waals surface area contributed by atoms with E-state index in [4.69, 9.17) is 4.74 Å². The monoisotopic (exact) mass is 393 g/mol. The van der Waals surface area contributed by atoms with Crippen LogP contribution in [0.1, 0.15) is 24.8 Å². The number of rotatable bonds is 5. The first kappa shape index (κ1) is 18.0. The van der Waals surface area contributed by atoms with Gasteiger partial charge in [-0.25, -0.2) is 4.98 Å². The number of hydrogen-bond donors (Lipinski definition) is 1. The first-order valence-corrected chi connectivity index (χ1v) is 11.2. The van der Waals surface area contributed by atoms with E-state index in [0.29, 0.717) is 6.10 Å². The highest BCUT2D eigenvalue weighted by Gasteiger charge is 2.25. The summed E-state index contributed by atoms with van der Waals surface area (Å²) in [6, 6.07) is 16.8. The number of anilines is 1. The zero-order chi connectivity index (χ0) is 18.8. The van der Waals surface area contributed by atoms with E-state index in [1.54, 1.807) is 11.3 Å². The number of piperidine rings is 1. The van der Waals surface area contributed by atoms with Crippen LogP contribution in [0.15, 0.2) is 48.5 Å². The Labute approximate surface area is 170 Å². The summed E-state index contributed by atoms with van der Waals surface area (Å²) in [6.07, 6.45) is 5.12. The first-order valence-electron chi connectivity index (χ1n) is 10.4. The molecule has 0 saturated carbocycles. The second-order valence-electron chi connectivity index (χ2n) is 8.00. The van der Waals surface area contributed by atoms with Crippen LogP contribution in [0.2, 0.25) is 0 Å². The molecule has 1 fully saturated rings. The van der Waals surface area contributed by atoms with E-state index in [9.17, 15) is 0 Å². The number of aryl methyl sites for hydroxylation is 1. The molecule has 0 aliphatic carbocycles. The summed E-state index contributed by atoms with van der Waals surface area (Å²) >= 11 is 1.75. The van der Waals surface area contributed by atoms with Crippen molar-refractivity contribution in [2.75, 3.05) is 31.5 Å². The highest BCUT2D eigenvalue weighted by molar-refractivity contribution is 7.22. The molecule has 1 saturated heterocycles. The summed E-state index contributed by atoms with van der Waals surface area (Å²) in [7, 11) is 0. The standard InChI is InChI=1S/C23H27N3OS/c1-3-7-21-18(5-1)9-10-19(27-21)16-26-13-11-17(12-14-26)15-24-23-25-20-6-2-4-8-22(20)28-23/h1-8,17,19H,9-16H2,(H,24,25). The lowest BCUT2D eigenvalue weighted by Gasteiger charge is -2.35. The van der Waals surface area contributed by atoms with Crippen LogP contribution in [0.3, 0.4) is 0 Å². The van der Waals surface area contributed by atoms with E-state index in [0.717, 1.165) is 48.2 Å². The maximum absolute atomic E-state index is 6.23. The number of ether oxygens (including phenoxy) is 1. The van der Waals surface area contributed by atoms with Crippen LogP contribution in [0.5, 0.6) is 5.75 Å². The van der Waals surface area contributed by atoms with Crippen LogP contribution in [0.25, 0.3) is 10.2 Å². The number of benzene rings is 2. The number of nitrogens with one attached hydrogen (secondary N) is 1. The molecular weight excluding hydrogens is 366 g/mol. The summed E-state index contributed by atoms with van der Waals surface area (Å²) < 4.78 is 7.49. The number of aromatic nitrogens is 1. The van der Waals surface area contributed by atoms with E-state index < -0.39 is 0 Å². The van der Waals surface area contributed by atoms with Gasteiger partial charge in [-0.1, -0.05) is 41.7 Å². The minimum absolute atomic E-state index is 0.340. The molecule has 28 heavy (non-hydrogen) atoms. The number of hydrogen-bond acceptors (Lipinski definition) is 5. The molecule has 3 heterocycles. The molecule has 1 atom stereocenters. The molecular formula is C23H27N3OS. The predicted molar refractivity (Wildman–Crippen MR) is 116 cm³/mol. The highest BCUT2D eigenvalue weighted by Crippen LogP contribution is 2.29. The van der Waals surface area contributed by atoms with Crippen LogP contribution < -0.4 is 10.1 Å². The third-order valence-corrected chi connectivity index (χ3v) is 7.00. The van der Waals surface area contributed by atoms with Gasteiger partial charge in [-0.15, -0.1) is 0 Å². The third-order valence-electron chi connectivity index (χ3n) is 6.01. The fourth-order valence-electron chi connectivity index (χ4n) is 4.35. The fourth-order valence-corrected chi connectivity index (χ4v) is 5.22. The normalized spacial score (nSPS) is 20.6. The molecule has 1 unspecified atom stereocenters. The number of likely N-dealkylation sites (tertiary alicyclic amines) is 1. The zero-order valence-electron chi connectivity index (χ0n) is 16.1. The first-order chi connectivity index (χ1) is 13.8. The van der Waals surface area contributed by atoms with Gasteiger partial charge in [0.2, 0.25) is 0 Å². The van der Waals surface area contributed by atoms with Crippen molar-refractivity contribution < 1.29 is 4.74 Å². The summed E-state index contributed by atoms with van der Waals surface area (Å²) in [5.74, 6) is 1.82. The molecule has 0 amide bonds. The lowest BCUT2D eigenvalue weighted by molar-refractivity contribution is 0.0928. The SMILES string of the molecule is c1ccc2c(c1)CCC(CN1CCC(CNc3nc4ccccc4s3)CC1)O2. The summed E-state index contributed by atoms with van der Waals surface area (Å²) in [5.41, 5.74) is 2.46. The average molecular weight is 394 g/mol. The van der Waals surface area contributed by atoms with Crippen molar-refractivity contribution >= 4 is 26.7 Å². The van der Waals surface area contributed by atoms with Crippen molar-refractivity contribution in [3.05, 3.63) is 54.1 Å². The summed E-state index contributed by atoms with van der Waals surface area (Å²) in [5, 5.41) is 4.63. The molecule has 4 nitrogen and oxygen atoms in total. The van der Waals surface area contributed by atoms with E-state index in [-0.39, 0.29) is 0 Å². The Morgan fingerprint density at radius 1 is 1.04 bits per heavy atom. The van der Waals surface area contributed by atoms with Crippen molar-refractivity contribution in [2.24, 2.45) is 5.92 Å². The van der Waals surface area contributed by atoms with E-state index >= 15 is 0 Å². The molecule has 0 spiro atoms. The largest absolute Gasteiger partial charge is 0.489 e. The van der Waals surface area contributed by atoms with Crippen LogP contribution >= 0.6 is 11.3 Å². The van der Waals surface area contributed by atoms with Gasteiger partial charge in [0.15, 0.2) is 5.13 Å². The molecule has 0 bridgehead atoms. The van der Waals surface area contributed by atoms with Gasteiger partial charge in [0, 0.05) is 13.1 Å².